The lowest BCUT2D eigenvalue weighted by molar-refractivity contribution is -0.142. The first-order chi connectivity index (χ1) is 35.6. The van der Waals surface area contributed by atoms with Crippen molar-refractivity contribution in [2.24, 2.45) is 34.4 Å². The number of rotatable bonds is 37. The molecule has 29 heteroatoms. The van der Waals surface area contributed by atoms with Crippen molar-refractivity contribution < 1.29 is 48.3 Å². The Bertz CT molecular complexity index is 2000. The van der Waals surface area contributed by atoms with Gasteiger partial charge >= 0.3 is 0 Å². The molecule has 1 aliphatic rings. The molecule has 1 fully saturated rings. The molecule has 1 saturated heterocycles. The number of nitrogens with zero attached hydrogens (tertiary/aromatic N) is 2. The SMILES string of the molecule is CC(C)NCCCC[C@H](NC(=O)[C@H](Cc1cnc[nH]1)NC(=O)[C@@H]1CCCN1C(=O)[C@@H](CCCN)NC(=O)CNC(=O)[C@H](C)NC(=O)[C@@H](NC(=O)C(N)CCCCN)[C@@H](O)CN)C(=O)N[C@H](CCCNC(=N)N)C(N)=O. The predicted molar refractivity (Wildman–Crippen MR) is 277 cm³/mol. The van der Waals surface area contributed by atoms with Gasteiger partial charge in [-0.1, -0.05) is 20.3 Å². The monoisotopic (exact) mass is 1060 g/mol. The molecule has 1 aliphatic heterocycles. The summed E-state index contributed by atoms with van der Waals surface area (Å²) >= 11 is 0. The Morgan fingerprint density at radius 2 is 1.39 bits per heavy atom. The van der Waals surface area contributed by atoms with E-state index in [2.05, 4.69) is 57.8 Å². The van der Waals surface area contributed by atoms with Crippen LogP contribution in [0.3, 0.4) is 0 Å². The van der Waals surface area contributed by atoms with Gasteiger partial charge in [-0.05, 0) is 97.2 Å². The van der Waals surface area contributed by atoms with E-state index in [4.69, 9.17) is 39.8 Å². The maximum Gasteiger partial charge on any atom is 0.245 e. The van der Waals surface area contributed by atoms with Gasteiger partial charge in [-0.25, -0.2) is 4.98 Å². The standard InChI is InChI=1S/C46H85N19O10/c1-26(2)55-18-7-5-12-31(41(71)61-30(38(51)68)14-9-19-56-46(52)53)62-42(72)33(21-28-23-54-25-58-28)63-43(73)34-15-10-20-65(34)45(75)32(13-8-17-48)60-36(67)24-57-39(69)27(3)59-44(74)37(35(66)22-49)64-40(70)29(50)11-4-6-16-47/h23,25-27,29-35,37,55,66H,4-22,24,47-50H2,1-3H3,(H2,51,68)(H,54,58)(H,57,69)(H,59,74)(H,60,67)(H,61,71)(H,62,72)(H,63,73)(H,64,70)(H4,52,53,56)/t27-,29?,30+,31-,32+,33-,34-,35-,37-/m0/s1. The summed E-state index contributed by atoms with van der Waals surface area (Å²) in [5.41, 5.74) is 34.2. The number of primary amides is 1. The van der Waals surface area contributed by atoms with Crippen molar-refractivity contribution >= 4 is 59.1 Å². The molecule has 2 rings (SSSR count). The van der Waals surface area contributed by atoms with Crippen molar-refractivity contribution in [3.8, 4) is 0 Å². The summed E-state index contributed by atoms with van der Waals surface area (Å²) in [5.74, 6) is -7.07. The number of hydrogen-bond donors (Lipinski definition) is 18. The van der Waals surface area contributed by atoms with Crippen LogP contribution in [0.25, 0.3) is 0 Å². The third-order valence-electron chi connectivity index (χ3n) is 12.2. The molecule has 0 saturated carbocycles. The number of nitrogens with two attached hydrogens (primary N) is 6. The molecule has 9 atom stereocenters. The smallest absolute Gasteiger partial charge is 0.245 e. The highest BCUT2D eigenvalue weighted by Crippen LogP contribution is 2.20. The lowest BCUT2D eigenvalue weighted by Crippen LogP contribution is -2.60. The van der Waals surface area contributed by atoms with E-state index in [0.717, 1.165) is 0 Å². The number of H-pyrrole nitrogens is 1. The molecule has 29 nitrogen and oxygen atoms in total. The number of aromatic nitrogens is 2. The lowest BCUT2D eigenvalue weighted by atomic mass is 10.0. The van der Waals surface area contributed by atoms with Gasteiger partial charge in [0.15, 0.2) is 5.96 Å². The Hall–Kier alpha value is -6.53. The van der Waals surface area contributed by atoms with Crippen LogP contribution in [-0.2, 0) is 49.6 Å². The highest BCUT2D eigenvalue weighted by Gasteiger charge is 2.40. The van der Waals surface area contributed by atoms with E-state index in [-0.39, 0.29) is 76.6 Å². The van der Waals surface area contributed by atoms with E-state index in [1.54, 1.807) is 0 Å². The van der Waals surface area contributed by atoms with Crippen molar-refractivity contribution in [1.29, 1.82) is 5.41 Å². The second kappa shape index (κ2) is 34.9. The van der Waals surface area contributed by atoms with E-state index in [9.17, 15) is 48.3 Å². The van der Waals surface area contributed by atoms with Crippen LogP contribution < -0.4 is 82.3 Å². The van der Waals surface area contributed by atoms with Gasteiger partial charge in [-0.15, -0.1) is 0 Å². The summed E-state index contributed by atoms with van der Waals surface area (Å²) in [6.45, 7) is 5.79. The molecule has 424 valence electrons. The van der Waals surface area contributed by atoms with Gasteiger partial charge < -0.3 is 97.2 Å². The van der Waals surface area contributed by atoms with Crippen molar-refractivity contribution in [3.05, 3.63) is 18.2 Å². The number of carbonyl (C=O) groups excluding carboxylic acids is 9. The summed E-state index contributed by atoms with van der Waals surface area (Å²) in [6, 6.07) is -9.47. The van der Waals surface area contributed by atoms with Crippen molar-refractivity contribution in [1.82, 2.24) is 62.7 Å². The number of carbonyl (C=O) groups is 9. The highest BCUT2D eigenvalue weighted by atomic mass is 16.3. The zero-order valence-electron chi connectivity index (χ0n) is 43.6. The quantitative estimate of drug-likeness (QED) is 0.0167. The van der Waals surface area contributed by atoms with Crippen LogP contribution in [0.1, 0.15) is 104 Å². The number of hydrogen-bond acceptors (Lipinski definition) is 17. The fraction of sp³-hybridized carbons (Fsp3) is 0.717. The zero-order valence-corrected chi connectivity index (χ0v) is 43.6. The minimum absolute atomic E-state index is 0.0628. The van der Waals surface area contributed by atoms with Crippen LogP contribution >= 0.6 is 0 Å². The lowest BCUT2D eigenvalue weighted by Gasteiger charge is -2.30. The first-order valence-corrected chi connectivity index (χ1v) is 25.6. The van der Waals surface area contributed by atoms with Crippen LogP contribution in [0.5, 0.6) is 0 Å². The molecule has 0 bridgehead atoms. The molecule has 1 aromatic rings. The summed E-state index contributed by atoms with van der Waals surface area (Å²) in [7, 11) is 0. The van der Waals surface area contributed by atoms with E-state index in [1.807, 2.05) is 13.8 Å². The zero-order chi connectivity index (χ0) is 56.0. The fourth-order valence-corrected chi connectivity index (χ4v) is 7.98. The Labute approximate surface area is 437 Å². The molecular weight excluding hydrogens is 979 g/mol. The number of amides is 9. The Kier molecular flexibility index (Phi) is 30.0. The van der Waals surface area contributed by atoms with Gasteiger partial charge in [-0.3, -0.25) is 48.6 Å². The van der Waals surface area contributed by atoms with Crippen molar-refractivity contribution in [2.75, 3.05) is 45.8 Å². The number of aliphatic hydroxyl groups excluding tert-OH is 1. The normalized spacial score (nSPS) is 16.4. The first-order valence-electron chi connectivity index (χ1n) is 25.6. The average molecular weight is 1060 g/mol. The molecule has 0 spiro atoms. The van der Waals surface area contributed by atoms with Crippen molar-refractivity contribution in [3.63, 3.8) is 0 Å². The molecule has 0 aromatic carbocycles. The number of likely N-dealkylation sites (tertiary alicyclic amines) is 1. The van der Waals surface area contributed by atoms with E-state index in [0.29, 0.717) is 57.3 Å². The maximum absolute atomic E-state index is 14.2. The molecule has 75 heavy (non-hydrogen) atoms. The van der Waals surface area contributed by atoms with Crippen molar-refractivity contribution in [2.45, 2.75) is 165 Å². The maximum atomic E-state index is 14.2. The van der Waals surface area contributed by atoms with Gasteiger partial charge in [0.25, 0.3) is 0 Å². The fourth-order valence-electron chi connectivity index (χ4n) is 7.98. The molecule has 2 heterocycles. The van der Waals surface area contributed by atoms with Gasteiger partial charge in [0.05, 0.1) is 25.0 Å². The Balaban J connectivity index is 2.21. The van der Waals surface area contributed by atoms with E-state index >= 15 is 0 Å². The van der Waals surface area contributed by atoms with Crippen LogP contribution in [0.15, 0.2) is 12.5 Å². The molecule has 9 amide bonds. The van der Waals surface area contributed by atoms with Crippen LogP contribution in [0, 0.1) is 5.41 Å². The largest absolute Gasteiger partial charge is 0.389 e. The van der Waals surface area contributed by atoms with Gasteiger partial charge in [-0.2, -0.15) is 0 Å². The van der Waals surface area contributed by atoms with Crippen LogP contribution in [0.4, 0.5) is 0 Å². The molecule has 1 aromatic heterocycles. The molecule has 0 radical (unpaired) electrons. The molecule has 24 N–H and O–H groups in total. The van der Waals surface area contributed by atoms with E-state index < -0.39 is 121 Å². The number of aliphatic hydroxyl groups is 1. The first kappa shape index (κ1) is 64.6. The topological polar surface area (TPSA) is 494 Å². The predicted octanol–water partition coefficient (Wildman–Crippen LogP) is -6.58. The second-order valence-electron chi connectivity index (χ2n) is 18.8. The number of imidazole rings is 1. The Morgan fingerprint density at radius 1 is 0.733 bits per heavy atom. The average Bonchev–Trinajstić information content (AvgIpc) is 4.09. The minimum atomic E-state index is -1.56. The van der Waals surface area contributed by atoms with Gasteiger partial charge in [0.1, 0.15) is 42.3 Å². The molecule has 1 unspecified atom stereocenters. The Morgan fingerprint density at radius 3 is 2.01 bits per heavy atom. The van der Waals surface area contributed by atoms with Crippen LogP contribution in [0.2, 0.25) is 0 Å². The van der Waals surface area contributed by atoms with Gasteiger partial charge in [0, 0.05) is 44.0 Å². The summed E-state index contributed by atoms with van der Waals surface area (Å²) in [6.07, 6.45) is 5.36. The van der Waals surface area contributed by atoms with Gasteiger partial charge in [0.2, 0.25) is 53.2 Å². The number of aromatic amines is 1. The third-order valence-corrected chi connectivity index (χ3v) is 12.2. The molecule has 0 aliphatic carbocycles. The number of guanidine groups is 1. The van der Waals surface area contributed by atoms with E-state index in [1.165, 1.54) is 24.3 Å². The number of unbranched alkanes of at least 4 members (excludes halogenated alkanes) is 2. The van der Waals surface area contributed by atoms with Crippen LogP contribution in [-0.4, -0.2) is 185 Å². The minimum Gasteiger partial charge on any atom is -0.389 e. The summed E-state index contributed by atoms with van der Waals surface area (Å²) in [5, 5.41) is 41.6. The second-order valence-corrected chi connectivity index (χ2v) is 18.8. The molecular formula is C46H85N19O10. The summed E-state index contributed by atoms with van der Waals surface area (Å²) in [4.78, 5) is 129. The third kappa shape index (κ3) is 24.1. The number of nitrogens with one attached hydrogen (secondary N) is 11. The summed E-state index contributed by atoms with van der Waals surface area (Å²) < 4.78 is 0. The highest BCUT2D eigenvalue weighted by molar-refractivity contribution is 5.98.